The molecule has 0 spiro atoms. The molecule has 0 atom stereocenters. The van der Waals surface area contributed by atoms with E-state index in [0.29, 0.717) is 5.82 Å². The van der Waals surface area contributed by atoms with Crippen LogP contribution >= 0.6 is 0 Å². The average molecular weight is 349 g/mol. The second-order valence-corrected chi connectivity index (χ2v) is 6.17. The van der Waals surface area contributed by atoms with Crippen LogP contribution in [0.3, 0.4) is 0 Å². The third kappa shape index (κ3) is 2.85. The number of hydrogen-bond donors (Lipinski definition) is 0. The fourth-order valence-corrected chi connectivity index (χ4v) is 3.07. The van der Waals surface area contributed by atoms with Crippen molar-refractivity contribution in [1.82, 2.24) is 24.8 Å². The second-order valence-electron chi connectivity index (χ2n) is 6.17. The summed E-state index contributed by atoms with van der Waals surface area (Å²) >= 11 is 0. The Labute approximate surface area is 155 Å². The molecule has 0 amide bonds. The van der Waals surface area contributed by atoms with Crippen molar-refractivity contribution in [3.63, 3.8) is 0 Å². The SMILES string of the molecule is C(/c1ccccc1)=c1\c(-c2ccccc2)nn2nc(-c3cccnc3)nc12. The van der Waals surface area contributed by atoms with Crippen molar-refractivity contribution >= 4 is 11.7 Å². The van der Waals surface area contributed by atoms with Gasteiger partial charge in [0.25, 0.3) is 0 Å². The van der Waals surface area contributed by atoms with Crippen molar-refractivity contribution < 1.29 is 0 Å². The van der Waals surface area contributed by atoms with E-state index in [1.54, 1.807) is 17.0 Å². The normalized spacial score (nSPS) is 11.9. The number of pyridine rings is 1. The lowest BCUT2D eigenvalue weighted by Crippen LogP contribution is -2.04. The van der Waals surface area contributed by atoms with Gasteiger partial charge < -0.3 is 0 Å². The van der Waals surface area contributed by atoms with Crippen LogP contribution in [0.1, 0.15) is 5.56 Å². The molecule has 0 aliphatic rings. The van der Waals surface area contributed by atoms with Crippen molar-refractivity contribution in [3.8, 4) is 22.6 Å². The van der Waals surface area contributed by atoms with Gasteiger partial charge in [-0.3, -0.25) is 4.98 Å². The molecule has 0 saturated heterocycles. The van der Waals surface area contributed by atoms with Crippen LogP contribution in [0.2, 0.25) is 0 Å². The van der Waals surface area contributed by atoms with Crippen molar-refractivity contribution in [2.75, 3.05) is 0 Å². The Morgan fingerprint density at radius 2 is 1.48 bits per heavy atom. The van der Waals surface area contributed by atoms with Gasteiger partial charge in [0.05, 0.1) is 0 Å². The Morgan fingerprint density at radius 1 is 0.741 bits per heavy atom. The number of nitrogens with zero attached hydrogens (tertiary/aromatic N) is 5. The Hall–Kier alpha value is -3.86. The molecule has 0 unspecified atom stereocenters. The zero-order valence-corrected chi connectivity index (χ0v) is 14.4. The third-order valence-corrected chi connectivity index (χ3v) is 4.36. The van der Waals surface area contributed by atoms with E-state index in [4.69, 9.17) is 10.1 Å². The van der Waals surface area contributed by atoms with Crippen LogP contribution < -0.4 is 5.22 Å². The Kier molecular flexibility index (Phi) is 3.68. The summed E-state index contributed by atoms with van der Waals surface area (Å²) < 4.78 is 1.61. The fraction of sp³-hybridized carbons (Fsp3) is 0. The molecule has 5 rings (SSSR count). The molecule has 0 radical (unpaired) electrons. The Bertz CT molecular complexity index is 1250. The van der Waals surface area contributed by atoms with Crippen molar-refractivity contribution in [3.05, 3.63) is 96.0 Å². The highest BCUT2D eigenvalue weighted by Crippen LogP contribution is 2.18. The van der Waals surface area contributed by atoms with Gasteiger partial charge in [-0.15, -0.1) is 14.8 Å². The minimum atomic E-state index is 0.618. The first-order chi connectivity index (χ1) is 13.4. The van der Waals surface area contributed by atoms with Crippen LogP contribution in [0.25, 0.3) is 34.4 Å². The number of hydrogen-bond acceptors (Lipinski definition) is 4. The first-order valence-corrected chi connectivity index (χ1v) is 8.68. The molecule has 0 fully saturated rings. The van der Waals surface area contributed by atoms with E-state index in [1.165, 1.54) is 0 Å². The van der Waals surface area contributed by atoms with E-state index in [0.717, 1.165) is 33.3 Å². The maximum Gasteiger partial charge on any atom is 0.186 e. The van der Waals surface area contributed by atoms with E-state index in [-0.39, 0.29) is 0 Å². The molecular formula is C22H15N5. The lowest BCUT2D eigenvalue weighted by atomic mass is 10.1. The highest BCUT2D eigenvalue weighted by molar-refractivity contribution is 5.71. The summed E-state index contributed by atoms with van der Waals surface area (Å²) in [5.41, 5.74) is 4.60. The maximum absolute atomic E-state index is 4.74. The molecule has 2 aromatic carbocycles. The molecule has 3 aromatic heterocycles. The van der Waals surface area contributed by atoms with Crippen LogP contribution in [0.5, 0.6) is 0 Å². The van der Waals surface area contributed by atoms with Gasteiger partial charge in [0.1, 0.15) is 5.69 Å². The fourth-order valence-electron chi connectivity index (χ4n) is 3.07. The topological polar surface area (TPSA) is 56.0 Å². The lowest BCUT2D eigenvalue weighted by molar-refractivity contribution is 0.828. The quantitative estimate of drug-likeness (QED) is 0.501. The number of fused-ring (bicyclic) bond motifs is 1. The van der Waals surface area contributed by atoms with E-state index in [9.17, 15) is 0 Å². The Balaban J connectivity index is 1.77. The number of rotatable bonds is 3. The monoisotopic (exact) mass is 349 g/mol. The summed E-state index contributed by atoms with van der Waals surface area (Å²) in [4.78, 5) is 8.90. The highest BCUT2D eigenvalue weighted by atomic mass is 15.5. The molecule has 128 valence electrons. The molecule has 5 aromatic rings. The van der Waals surface area contributed by atoms with Gasteiger partial charge in [-0.25, -0.2) is 4.98 Å². The van der Waals surface area contributed by atoms with Crippen LogP contribution in [-0.4, -0.2) is 24.8 Å². The summed E-state index contributed by atoms with van der Waals surface area (Å²) in [5.74, 6) is 0.618. The summed E-state index contributed by atoms with van der Waals surface area (Å²) in [5, 5.41) is 10.2. The smallest absolute Gasteiger partial charge is 0.186 e. The third-order valence-electron chi connectivity index (χ3n) is 4.36. The summed E-state index contributed by atoms with van der Waals surface area (Å²) in [6.45, 7) is 0. The van der Waals surface area contributed by atoms with Gasteiger partial charge in [0.2, 0.25) is 0 Å². The summed E-state index contributed by atoms with van der Waals surface area (Å²) in [6, 6.07) is 24.1. The zero-order chi connectivity index (χ0) is 18.1. The van der Waals surface area contributed by atoms with Gasteiger partial charge in [-0.2, -0.15) is 0 Å². The van der Waals surface area contributed by atoms with Crippen molar-refractivity contribution in [1.29, 1.82) is 0 Å². The second kappa shape index (κ2) is 6.46. The van der Waals surface area contributed by atoms with Gasteiger partial charge in [0, 0.05) is 28.7 Å². The summed E-state index contributed by atoms with van der Waals surface area (Å²) in [7, 11) is 0. The standard InChI is InChI=1S/C22H15N5/c1-3-8-16(9-4-1)14-19-20(17-10-5-2-6-11-17)25-27-22(19)24-21(26-27)18-12-7-13-23-15-18/h1-15H/b19-14-. The van der Waals surface area contributed by atoms with E-state index >= 15 is 0 Å². The van der Waals surface area contributed by atoms with Crippen LogP contribution in [0.4, 0.5) is 0 Å². The predicted molar refractivity (Wildman–Crippen MR) is 105 cm³/mol. The van der Waals surface area contributed by atoms with Crippen LogP contribution in [-0.2, 0) is 0 Å². The maximum atomic E-state index is 4.74. The van der Waals surface area contributed by atoms with Crippen molar-refractivity contribution in [2.24, 2.45) is 0 Å². The van der Waals surface area contributed by atoms with Crippen molar-refractivity contribution in [2.45, 2.75) is 0 Å². The molecule has 0 N–H and O–H groups in total. The summed E-state index contributed by atoms with van der Waals surface area (Å²) in [6.07, 6.45) is 5.60. The van der Waals surface area contributed by atoms with Gasteiger partial charge in [0.15, 0.2) is 11.5 Å². The molecule has 0 bridgehead atoms. The van der Waals surface area contributed by atoms with E-state index in [1.807, 2.05) is 60.7 Å². The molecule has 0 saturated carbocycles. The predicted octanol–water partition coefficient (Wildman–Crippen LogP) is 3.40. The molecular weight excluding hydrogens is 334 g/mol. The molecule has 27 heavy (non-hydrogen) atoms. The minimum Gasteiger partial charge on any atom is -0.264 e. The average Bonchev–Trinajstić information content (AvgIpc) is 3.30. The molecule has 3 heterocycles. The number of benzene rings is 2. The first-order valence-electron chi connectivity index (χ1n) is 8.68. The van der Waals surface area contributed by atoms with E-state index in [2.05, 4.69) is 28.3 Å². The van der Waals surface area contributed by atoms with E-state index < -0.39 is 0 Å². The first kappa shape index (κ1) is 15.4. The van der Waals surface area contributed by atoms with Crippen LogP contribution in [0.15, 0.2) is 85.2 Å². The lowest BCUT2D eigenvalue weighted by Gasteiger charge is -1.97. The number of aromatic nitrogens is 5. The highest BCUT2D eigenvalue weighted by Gasteiger charge is 2.15. The van der Waals surface area contributed by atoms with Crippen LogP contribution in [0, 0.1) is 0 Å². The van der Waals surface area contributed by atoms with Gasteiger partial charge in [-0.1, -0.05) is 60.7 Å². The Morgan fingerprint density at radius 3 is 2.22 bits per heavy atom. The minimum absolute atomic E-state index is 0.618. The van der Waals surface area contributed by atoms with Gasteiger partial charge in [-0.05, 0) is 23.8 Å². The largest absolute Gasteiger partial charge is 0.264 e. The molecule has 5 nitrogen and oxygen atoms in total. The van der Waals surface area contributed by atoms with Gasteiger partial charge >= 0.3 is 0 Å². The molecule has 0 aliphatic heterocycles. The zero-order valence-electron chi connectivity index (χ0n) is 14.4. The molecule has 0 aliphatic carbocycles. The molecule has 5 heteroatoms.